The van der Waals surface area contributed by atoms with Crippen LogP contribution in [0.5, 0.6) is 0 Å². The summed E-state index contributed by atoms with van der Waals surface area (Å²) in [5, 5.41) is -0.256. The maximum atomic E-state index is 13.4. The second-order valence-corrected chi connectivity index (χ2v) is 5.18. The van der Waals surface area contributed by atoms with Crippen molar-refractivity contribution in [1.29, 1.82) is 0 Å². The highest BCUT2D eigenvalue weighted by molar-refractivity contribution is 6.32. The number of methoxy groups -OCH3 is 1. The number of alkyl halides is 3. The molecule has 0 radical (unpaired) electrons. The standard InChI is InChI=1S/C15H9ClF3N3O2/c1-24-14(23)11-12(16)22-7-9(8-3-2-4-20-6-8)5-10(13(22)21-11)15(17,18)19/h2-7H,1H3. The van der Waals surface area contributed by atoms with E-state index >= 15 is 0 Å². The van der Waals surface area contributed by atoms with Gasteiger partial charge in [0.05, 0.1) is 12.7 Å². The first kappa shape index (κ1) is 16.3. The Kier molecular flexibility index (Phi) is 3.92. The lowest BCUT2D eigenvalue weighted by Gasteiger charge is -2.11. The molecule has 3 rings (SSSR count). The quantitative estimate of drug-likeness (QED) is 0.655. The first-order valence-electron chi connectivity index (χ1n) is 6.60. The molecule has 3 heterocycles. The number of aromatic nitrogens is 3. The van der Waals surface area contributed by atoms with Crippen molar-refractivity contribution in [1.82, 2.24) is 14.4 Å². The molecule has 0 aliphatic rings. The highest BCUT2D eigenvalue weighted by Crippen LogP contribution is 2.36. The molecular weight excluding hydrogens is 347 g/mol. The number of hydrogen-bond donors (Lipinski definition) is 0. The van der Waals surface area contributed by atoms with E-state index in [-0.39, 0.29) is 16.4 Å². The van der Waals surface area contributed by atoms with Crippen LogP contribution in [0, 0.1) is 0 Å². The number of hydrogen-bond acceptors (Lipinski definition) is 4. The molecule has 0 spiro atoms. The predicted molar refractivity (Wildman–Crippen MR) is 79.8 cm³/mol. The number of imidazole rings is 1. The zero-order valence-electron chi connectivity index (χ0n) is 12.1. The number of ether oxygens (including phenoxy) is 1. The summed E-state index contributed by atoms with van der Waals surface area (Å²) in [6.45, 7) is 0. The van der Waals surface area contributed by atoms with E-state index in [1.807, 2.05) is 0 Å². The SMILES string of the molecule is COC(=O)c1nc2c(C(F)(F)F)cc(-c3cccnc3)cn2c1Cl. The summed E-state index contributed by atoms with van der Waals surface area (Å²) in [4.78, 5) is 19.2. The van der Waals surface area contributed by atoms with Crippen LogP contribution in [-0.4, -0.2) is 27.4 Å². The molecule has 3 aromatic rings. The average Bonchev–Trinajstić information content (AvgIpc) is 2.90. The van der Waals surface area contributed by atoms with Gasteiger partial charge in [0, 0.05) is 29.7 Å². The Balaban J connectivity index is 2.35. The van der Waals surface area contributed by atoms with Crippen molar-refractivity contribution in [3.63, 3.8) is 0 Å². The minimum absolute atomic E-state index is 0.235. The normalized spacial score (nSPS) is 11.7. The predicted octanol–water partition coefficient (Wildman–Crippen LogP) is 3.86. The largest absolute Gasteiger partial charge is 0.464 e. The van der Waals surface area contributed by atoms with Crippen LogP contribution in [0.3, 0.4) is 0 Å². The Hall–Kier alpha value is -2.61. The van der Waals surface area contributed by atoms with Crippen molar-refractivity contribution in [3.05, 3.63) is 53.2 Å². The van der Waals surface area contributed by atoms with Crippen molar-refractivity contribution >= 4 is 23.2 Å². The van der Waals surface area contributed by atoms with Crippen LogP contribution in [-0.2, 0) is 10.9 Å². The Bertz CT molecular complexity index is 923. The fourth-order valence-electron chi connectivity index (χ4n) is 2.24. The van der Waals surface area contributed by atoms with Crippen molar-refractivity contribution in [2.75, 3.05) is 7.11 Å². The Labute approximate surface area is 138 Å². The molecule has 0 fully saturated rings. The van der Waals surface area contributed by atoms with E-state index in [0.29, 0.717) is 5.56 Å². The van der Waals surface area contributed by atoms with E-state index in [9.17, 15) is 18.0 Å². The topological polar surface area (TPSA) is 56.5 Å². The van der Waals surface area contributed by atoms with Crippen molar-refractivity contribution in [3.8, 4) is 11.1 Å². The van der Waals surface area contributed by atoms with Gasteiger partial charge in [0.2, 0.25) is 0 Å². The van der Waals surface area contributed by atoms with Crippen LogP contribution in [0.1, 0.15) is 16.1 Å². The smallest absolute Gasteiger partial charge is 0.420 e. The maximum absolute atomic E-state index is 13.4. The molecule has 0 aliphatic carbocycles. The molecule has 3 aromatic heterocycles. The van der Waals surface area contributed by atoms with E-state index < -0.39 is 23.4 Å². The highest BCUT2D eigenvalue weighted by atomic mass is 35.5. The summed E-state index contributed by atoms with van der Waals surface area (Å²) in [6.07, 6.45) is -0.384. The molecule has 0 amide bonds. The third-order valence-electron chi connectivity index (χ3n) is 3.34. The van der Waals surface area contributed by atoms with Gasteiger partial charge >= 0.3 is 12.1 Å². The van der Waals surface area contributed by atoms with Gasteiger partial charge in [-0.15, -0.1) is 0 Å². The van der Waals surface area contributed by atoms with Crippen LogP contribution in [0.2, 0.25) is 5.15 Å². The van der Waals surface area contributed by atoms with Gasteiger partial charge < -0.3 is 4.74 Å². The van der Waals surface area contributed by atoms with Crippen LogP contribution in [0.4, 0.5) is 13.2 Å². The van der Waals surface area contributed by atoms with Gasteiger partial charge in [-0.1, -0.05) is 17.7 Å². The van der Waals surface area contributed by atoms with E-state index in [0.717, 1.165) is 17.6 Å². The third kappa shape index (κ3) is 2.69. The van der Waals surface area contributed by atoms with Gasteiger partial charge in [-0.2, -0.15) is 13.2 Å². The molecule has 0 N–H and O–H groups in total. The monoisotopic (exact) mass is 355 g/mol. The summed E-state index contributed by atoms with van der Waals surface area (Å²) in [5.74, 6) is -0.917. The van der Waals surface area contributed by atoms with E-state index in [1.54, 1.807) is 12.1 Å². The number of nitrogens with zero attached hydrogens (tertiary/aromatic N) is 3. The Morgan fingerprint density at radius 2 is 2.08 bits per heavy atom. The molecule has 124 valence electrons. The third-order valence-corrected chi connectivity index (χ3v) is 3.70. The minimum atomic E-state index is -4.68. The second kappa shape index (κ2) is 5.79. The Morgan fingerprint density at radius 1 is 1.33 bits per heavy atom. The summed E-state index contributed by atoms with van der Waals surface area (Å²) in [7, 11) is 1.09. The second-order valence-electron chi connectivity index (χ2n) is 4.82. The molecule has 24 heavy (non-hydrogen) atoms. The molecule has 0 aromatic carbocycles. The molecule has 9 heteroatoms. The van der Waals surface area contributed by atoms with Crippen LogP contribution in [0.25, 0.3) is 16.8 Å². The fraction of sp³-hybridized carbons (Fsp3) is 0.133. The zero-order chi connectivity index (χ0) is 17.5. The van der Waals surface area contributed by atoms with Crippen LogP contribution < -0.4 is 0 Å². The van der Waals surface area contributed by atoms with Gasteiger partial charge in [-0.25, -0.2) is 9.78 Å². The summed E-state index contributed by atoms with van der Waals surface area (Å²) in [6, 6.07) is 4.15. The number of rotatable bonds is 2. The molecular formula is C15H9ClF3N3O2. The Morgan fingerprint density at radius 3 is 2.67 bits per heavy atom. The van der Waals surface area contributed by atoms with Gasteiger partial charge in [0.25, 0.3) is 0 Å². The van der Waals surface area contributed by atoms with Gasteiger partial charge in [-0.05, 0) is 12.1 Å². The lowest BCUT2D eigenvalue weighted by Crippen LogP contribution is -2.08. The van der Waals surface area contributed by atoms with E-state index in [2.05, 4.69) is 14.7 Å². The first-order chi connectivity index (χ1) is 11.3. The number of carbonyl (C=O) groups excluding carboxylic acids is 1. The fourth-order valence-corrected chi connectivity index (χ4v) is 2.49. The van der Waals surface area contributed by atoms with E-state index in [4.69, 9.17) is 11.6 Å². The molecule has 5 nitrogen and oxygen atoms in total. The first-order valence-corrected chi connectivity index (χ1v) is 6.98. The average molecular weight is 356 g/mol. The number of esters is 1. The number of carbonyl (C=O) groups is 1. The minimum Gasteiger partial charge on any atom is -0.464 e. The van der Waals surface area contributed by atoms with Crippen molar-refractivity contribution < 1.29 is 22.7 Å². The lowest BCUT2D eigenvalue weighted by molar-refractivity contribution is -0.136. The van der Waals surface area contributed by atoms with Crippen LogP contribution >= 0.6 is 11.6 Å². The van der Waals surface area contributed by atoms with Crippen molar-refractivity contribution in [2.45, 2.75) is 6.18 Å². The van der Waals surface area contributed by atoms with Crippen LogP contribution in [0.15, 0.2) is 36.8 Å². The molecule has 0 aliphatic heterocycles. The zero-order valence-corrected chi connectivity index (χ0v) is 12.9. The molecule has 0 saturated carbocycles. The molecule has 0 saturated heterocycles. The molecule has 0 bridgehead atoms. The summed E-state index contributed by atoms with van der Waals surface area (Å²) >= 11 is 6.03. The van der Waals surface area contributed by atoms with Gasteiger partial charge in [0.15, 0.2) is 11.3 Å². The van der Waals surface area contributed by atoms with Gasteiger partial charge in [-0.3, -0.25) is 9.38 Å². The van der Waals surface area contributed by atoms with Crippen molar-refractivity contribution in [2.24, 2.45) is 0 Å². The number of halogens is 4. The van der Waals surface area contributed by atoms with Gasteiger partial charge in [0.1, 0.15) is 5.15 Å². The summed E-state index contributed by atoms with van der Waals surface area (Å²) < 4.78 is 45.7. The number of fused-ring (bicyclic) bond motifs is 1. The highest BCUT2D eigenvalue weighted by Gasteiger charge is 2.36. The number of pyridine rings is 2. The summed E-state index contributed by atoms with van der Waals surface area (Å²) in [5.41, 5.74) is -1.16. The van der Waals surface area contributed by atoms with E-state index in [1.165, 1.54) is 18.6 Å². The maximum Gasteiger partial charge on any atom is 0.420 e. The molecule has 0 unspecified atom stereocenters. The molecule has 0 atom stereocenters. The lowest BCUT2D eigenvalue weighted by atomic mass is 10.1.